The zero-order chi connectivity index (χ0) is 8.43. The van der Waals surface area contributed by atoms with Crippen LogP contribution in [0, 0.1) is 23.1 Å². The fraction of sp³-hybridized carbons (Fsp3) is 0.143. The molecule has 0 aromatic heterocycles. The minimum Gasteiger partial charge on any atom is -0.526 e. The first-order valence-electron chi connectivity index (χ1n) is 2.97. The van der Waals surface area contributed by atoms with Crippen LogP contribution in [-0.2, 0) is 32.7 Å². The molecule has 12 heavy (non-hydrogen) atoms. The van der Waals surface area contributed by atoms with E-state index in [9.17, 15) is 10.1 Å². The van der Waals surface area contributed by atoms with Crippen molar-refractivity contribution >= 4 is 5.69 Å². The zero-order valence-electron chi connectivity index (χ0n) is 6.44. The van der Waals surface area contributed by atoms with Gasteiger partial charge in [-0.1, -0.05) is 13.0 Å². The molecule has 0 aliphatic heterocycles. The summed E-state index contributed by atoms with van der Waals surface area (Å²) in [6, 6.07) is 5.18. The zero-order valence-corrected chi connectivity index (χ0v) is 9.28. The number of nitro groups is 1. The molecular formula is C7H6NO3Y-. The molecule has 1 radical (unpaired) electrons. The van der Waals surface area contributed by atoms with Crippen LogP contribution in [0.3, 0.4) is 0 Å². The van der Waals surface area contributed by atoms with Gasteiger partial charge >= 0.3 is 0 Å². The van der Waals surface area contributed by atoms with E-state index >= 15 is 0 Å². The molecule has 0 fully saturated rings. The van der Waals surface area contributed by atoms with E-state index in [0.717, 1.165) is 6.07 Å². The van der Waals surface area contributed by atoms with Crippen molar-refractivity contribution in [1.82, 2.24) is 0 Å². The Balaban J connectivity index is 0.00000121. The van der Waals surface area contributed by atoms with Crippen LogP contribution < -0.4 is 0 Å². The SMILES string of the molecule is Cc1c[c-]cc([N+](=O)[O-])c1O.[Y]. The number of benzene rings is 1. The minimum atomic E-state index is -0.640. The van der Waals surface area contributed by atoms with Crippen molar-refractivity contribution in [3.8, 4) is 5.75 Å². The number of phenolic OH excluding ortho intramolecular Hbond substituents is 1. The van der Waals surface area contributed by atoms with E-state index in [2.05, 4.69) is 6.07 Å². The van der Waals surface area contributed by atoms with Crippen molar-refractivity contribution in [1.29, 1.82) is 0 Å². The number of aromatic hydroxyl groups is 1. The van der Waals surface area contributed by atoms with E-state index in [1.807, 2.05) is 0 Å². The molecule has 1 aromatic rings. The Morgan fingerprint density at radius 2 is 2.17 bits per heavy atom. The number of nitrogens with zero attached hydrogens (tertiary/aromatic N) is 1. The normalized spacial score (nSPS) is 8.75. The average Bonchev–Trinajstić information content (AvgIpc) is 1.94. The van der Waals surface area contributed by atoms with E-state index < -0.39 is 4.92 Å². The first kappa shape index (κ1) is 11.5. The standard InChI is InChI=1S/C7H6NO3.Y/c1-5-3-2-4-6(7(5)9)8(10)11;/h3-4,9H,1H3;/q-1;. The molecule has 0 heterocycles. The summed E-state index contributed by atoms with van der Waals surface area (Å²) in [7, 11) is 0. The second kappa shape index (κ2) is 4.53. The van der Waals surface area contributed by atoms with Crippen LogP contribution >= 0.6 is 0 Å². The van der Waals surface area contributed by atoms with Crippen LogP contribution in [0.5, 0.6) is 5.75 Å². The van der Waals surface area contributed by atoms with Crippen LogP contribution in [-0.4, -0.2) is 10.0 Å². The molecule has 0 bridgehead atoms. The van der Waals surface area contributed by atoms with Gasteiger partial charge in [-0.25, -0.2) is 0 Å². The molecule has 0 spiro atoms. The first-order chi connectivity index (χ1) is 5.13. The van der Waals surface area contributed by atoms with Crippen molar-refractivity contribution < 1.29 is 42.7 Å². The summed E-state index contributed by atoms with van der Waals surface area (Å²) in [6.45, 7) is 1.58. The summed E-state index contributed by atoms with van der Waals surface area (Å²) in [5.41, 5.74) is 0.157. The fourth-order valence-corrected chi connectivity index (χ4v) is 0.724. The molecule has 0 amide bonds. The van der Waals surface area contributed by atoms with Crippen LogP contribution in [0.15, 0.2) is 12.1 Å². The number of phenols is 1. The molecule has 1 aromatic carbocycles. The van der Waals surface area contributed by atoms with Crippen molar-refractivity contribution in [2.45, 2.75) is 6.92 Å². The summed E-state index contributed by atoms with van der Waals surface area (Å²) in [5, 5.41) is 19.3. The van der Waals surface area contributed by atoms with Crippen LogP contribution in [0.25, 0.3) is 0 Å². The maximum atomic E-state index is 10.2. The summed E-state index contributed by atoms with van der Waals surface area (Å²) in [6.07, 6.45) is 0. The Labute approximate surface area is 94.6 Å². The van der Waals surface area contributed by atoms with Gasteiger partial charge in [0.25, 0.3) is 0 Å². The molecule has 0 aliphatic carbocycles. The van der Waals surface area contributed by atoms with Gasteiger partial charge in [0.1, 0.15) is 0 Å². The Morgan fingerprint density at radius 3 is 2.58 bits per heavy atom. The number of aryl methyl sites for hydroxylation is 1. The molecule has 1 rings (SSSR count). The van der Waals surface area contributed by atoms with Crippen molar-refractivity contribution in [2.75, 3.05) is 0 Å². The molecule has 0 aliphatic rings. The van der Waals surface area contributed by atoms with Crippen molar-refractivity contribution in [3.05, 3.63) is 33.9 Å². The smallest absolute Gasteiger partial charge is 0.203 e. The third-order valence-corrected chi connectivity index (χ3v) is 1.33. The summed E-state index contributed by atoms with van der Waals surface area (Å²) >= 11 is 0. The van der Waals surface area contributed by atoms with Gasteiger partial charge in [-0.3, -0.25) is 10.1 Å². The van der Waals surface area contributed by atoms with E-state index in [1.165, 1.54) is 6.07 Å². The van der Waals surface area contributed by atoms with E-state index in [1.54, 1.807) is 6.92 Å². The first-order valence-corrected chi connectivity index (χ1v) is 2.97. The number of rotatable bonds is 1. The Kier molecular flexibility index (Phi) is 4.35. The van der Waals surface area contributed by atoms with Gasteiger partial charge in [0.15, 0.2) is 0 Å². The summed E-state index contributed by atoms with van der Waals surface area (Å²) in [5.74, 6) is -0.284. The third-order valence-electron chi connectivity index (χ3n) is 1.33. The summed E-state index contributed by atoms with van der Waals surface area (Å²) < 4.78 is 0. The van der Waals surface area contributed by atoms with E-state index in [4.69, 9.17) is 5.11 Å². The molecular weight excluding hydrogens is 235 g/mol. The van der Waals surface area contributed by atoms with Crippen molar-refractivity contribution in [2.24, 2.45) is 0 Å². The monoisotopic (exact) mass is 241 g/mol. The van der Waals surface area contributed by atoms with Gasteiger partial charge in [0.05, 0.1) is 5.75 Å². The topological polar surface area (TPSA) is 63.4 Å². The van der Waals surface area contributed by atoms with Gasteiger partial charge in [-0.2, -0.15) is 12.1 Å². The third kappa shape index (κ3) is 2.25. The average molecular weight is 241 g/mol. The summed E-state index contributed by atoms with van der Waals surface area (Å²) in [4.78, 5) is 9.56. The van der Waals surface area contributed by atoms with Crippen LogP contribution in [0.1, 0.15) is 5.56 Å². The van der Waals surface area contributed by atoms with Crippen molar-refractivity contribution in [3.63, 3.8) is 0 Å². The molecule has 1 N–H and O–H groups in total. The predicted molar refractivity (Wildman–Crippen MR) is 38.3 cm³/mol. The number of nitro benzene ring substituents is 1. The molecule has 61 valence electrons. The molecule has 0 saturated heterocycles. The minimum absolute atomic E-state index is 0. The quantitative estimate of drug-likeness (QED) is 0.459. The van der Waals surface area contributed by atoms with Crippen LogP contribution in [0.2, 0.25) is 0 Å². The second-order valence-corrected chi connectivity index (χ2v) is 2.13. The second-order valence-electron chi connectivity index (χ2n) is 2.13. The van der Waals surface area contributed by atoms with Gasteiger partial charge in [-0.15, -0.1) is 5.56 Å². The molecule has 4 nitrogen and oxygen atoms in total. The Bertz CT molecular complexity index is 301. The van der Waals surface area contributed by atoms with Gasteiger partial charge in [0.2, 0.25) is 5.69 Å². The predicted octanol–water partition coefficient (Wildman–Crippen LogP) is 1.41. The largest absolute Gasteiger partial charge is 0.526 e. The van der Waals surface area contributed by atoms with Gasteiger partial charge in [-0.05, 0) is 0 Å². The maximum Gasteiger partial charge on any atom is 0.203 e. The number of hydrogen-bond donors (Lipinski definition) is 1. The maximum absolute atomic E-state index is 10.2. The molecule has 0 unspecified atom stereocenters. The van der Waals surface area contributed by atoms with E-state index in [0.29, 0.717) is 5.56 Å². The molecule has 5 heteroatoms. The van der Waals surface area contributed by atoms with Gasteiger partial charge in [0, 0.05) is 37.6 Å². The fourth-order valence-electron chi connectivity index (χ4n) is 0.724. The Morgan fingerprint density at radius 1 is 1.58 bits per heavy atom. The van der Waals surface area contributed by atoms with E-state index in [-0.39, 0.29) is 44.1 Å². The van der Waals surface area contributed by atoms with Crippen LogP contribution in [0.4, 0.5) is 5.69 Å². The number of hydrogen-bond acceptors (Lipinski definition) is 3. The molecule has 0 atom stereocenters. The Hall–Kier alpha value is -0.476. The van der Waals surface area contributed by atoms with Gasteiger partial charge < -0.3 is 5.11 Å². The molecule has 0 saturated carbocycles.